The van der Waals surface area contributed by atoms with Gasteiger partial charge < -0.3 is 20.7 Å². The summed E-state index contributed by atoms with van der Waals surface area (Å²) in [4.78, 5) is 14.4. The molecule has 6 heteroatoms. The largest absolute Gasteiger partial charge is 0.508 e. The highest BCUT2D eigenvalue weighted by molar-refractivity contribution is 7.22. The summed E-state index contributed by atoms with van der Waals surface area (Å²) in [6.45, 7) is 1.40. The molecule has 0 aliphatic heterocycles. The lowest BCUT2D eigenvalue weighted by atomic mass is 9.97. The number of rotatable bonds is 11. The van der Waals surface area contributed by atoms with Gasteiger partial charge >= 0.3 is 0 Å². The predicted molar refractivity (Wildman–Crippen MR) is 138 cm³/mol. The van der Waals surface area contributed by atoms with Gasteiger partial charge in [0.25, 0.3) is 0 Å². The van der Waals surface area contributed by atoms with Gasteiger partial charge in [-0.25, -0.2) is 0 Å². The molecule has 176 valence electrons. The number of unbranched alkanes of at least 4 members (excludes halogenated alkanes) is 4. The van der Waals surface area contributed by atoms with Crippen molar-refractivity contribution in [1.29, 1.82) is 0 Å². The fourth-order valence-corrected chi connectivity index (χ4v) is 5.18. The molecule has 4 aromatic rings. The van der Waals surface area contributed by atoms with Crippen molar-refractivity contribution in [2.45, 2.75) is 32.1 Å². The highest BCUT2D eigenvalue weighted by atomic mass is 32.1. The number of aromatic hydroxyl groups is 2. The zero-order valence-electron chi connectivity index (χ0n) is 19.0. The van der Waals surface area contributed by atoms with Crippen molar-refractivity contribution in [3.63, 3.8) is 0 Å². The molecule has 0 radical (unpaired) electrons. The van der Waals surface area contributed by atoms with Crippen molar-refractivity contribution in [2.24, 2.45) is 5.73 Å². The first-order valence-corrected chi connectivity index (χ1v) is 12.4. The molecule has 1 aromatic heterocycles. The summed E-state index contributed by atoms with van der Waals surface area (Å²) < 4.78 is 6.67. The Kier molecular flexibility index (Phi) is 7.83. The van der Waals surface area contributed by atoms with E-state index in [1.807, 2.05) is 12.1 Å². The van der Waals surface area contributed by atoms with Crippen molar-refractivity contribution in [1.82, 2.24) is 0 Å². The highest BCUT2D eigenvalue weighted by Gasteiger charge is 2.22. The summed E-state index contributed by atoms with van der Waals surface area (Å²) in [5, 5.41) is 20.4. The second-order valence-electron chi connectivity index (χ2n) is 8.29. The molecule has 4 N–H and O–H groups in total. The van der Waals surface area contributed by atoms with Gasteiger partial charge in [0.1, 0.15) is 17.2 Å². The van der Waals surface area contributed by atoms with E-state index in [0.29, 0.717) is 17.7 Å². The molecule has 0 amide bonds. The van der Waals surface area contributed by atoms with E-state index in [0.717, 1.165) is 58.5 Å². The van der Waals surface area contributed by atoms with Crippen molar-refractivity contribution in [2.75, 3.05) is 13.2 Å². The number of phenols is 2. The normalized spacial score (nSPS) is 11.1. The summed E-state index contributed by atoms with van der Waals surface area (Å²) in [6, 6.07) is 19.1. The van der Waals surface area contributed by atoms with Crippen molar-refractivity contribution in [3.8, 4) is 27.7 Å². The third-order valence-electron chi connectivity index (χ3n) is 5.76. The van der Waals surface area contributed by atoms with Crippen LogP contribution in [-0.2, 0) is 0 Å². The minimum Gasteiger partial charge on any atom is -0.508 e. The van der Waals surface area contributed by atoms with E-state index < -0.39 is 0 Å². The molecule has 0 aliphatic carbocycles. The van der Waals surface area contributed by atoms with Crippen molar-refractivity contribution < 1.29 is 19.7 Å². The van der Waals surface area contributed by atoms with E-state index in [2.05, 4.69) is 0 Å². The molecule has 0 saturated heterocycles. The van der Waals surface area contributed by atoms with Crippen LogP contribution in [0, 0.1) is 0 Å². The molecule has 0 atom stereocenters. The second-order valence-corrected chi connectivity index (χ2v) is 9.34. The Bertz CT molecular complexity index is 1250. The van der Waals surface area contributed by atoms with Gasteiger partial charge in [0.2, 0.25) is 0 Å². The number of carbonyl (C=O) groups is 1. The Morgan fingerprint density at radius 1 is 0.824 bits per heavy atom. The topological polar surface area (TPSA) is 92.8 Å². The Labute approximate surface area is 203 Å². The molecule has 3 aromatic carbocycles. The van der Waals surface area contributed by atoms with Gasteiger partial charge in [0.05, 0.1) is 6.61 Å². The first kappa shape index (κ1) is 23.8. The van der Waals surface area contributed by atoms with Gasteiger partial charge in [0.15, 0.2) is 5.78 Å². The zero-order chi connectivity index (χ0) is 23.9. The van der Waals surface area contributed by atoms with Crippen LogP contribution in [0.25, 0.3) is 20.5 Å². The number of fused-ring (bicyclic) bond motifs is 1. The summed E-state index contributed by atoms with van der Waals surface area (Å²) in [6.07, 6.45) is 5.53. The van der Waals surface area contributed by atoms with Gasteiger partial charge in [-0.1, -0.05) is 19.3 Å². The molecule has 1 heterocycles. The third-order valence-corrected chi connectivity index (χ3v) is 6.97. The second kappa shape index (κ2) is 11.2. The van der Waals surface area contributed by atoms with Crippen LogP contribution in [0.15, 0.2) is 66.7 Å². The highest BCUT2D eigenvalue weighted by Crippen LogP contribution is 2.41. The number of carbonyl (C=O) groups excluding carboxylic acids is 1. The van der Waals surface area contributed by atoms with E-state index in [1.165, 1.54) is 17.8 Å². The van der Waals surface area contributed by atoms with E-state index >= 15 is 0 Å². The number of thiophene rings is 1. The fourth-order valence-electron chi connectivity index (χ4n) is 3.94. The van der Waals surface area contributed by atoms with Crippen LogP contribution in [0.2, 0.25) is 0 Å². The number of ether oxygens (including phenoxy) is 1. The van der Waals surface area contributed by atoms with E-state index in [4.69, 9.17) is 10.5 Å². The molecule has 0 bridgehead atoms. The number of phenolic OH excluding ortho intramolecular Hbond substituents is 2. The number of hydrogen-bond donors (Lipinski definition) is 3. The third kappa shape index (κ3) is 5.58. The molecule has 0 unspecified atom stereocenters. The predicted octanol–water partition coefficient (Wildman–Crippen LogP) is 6.50. The van der Waals surface area contributed by atoms with Crippen LogP contribution < -0.4 is 10.5 Å². The minimum absolute atomic E-state index is 0.0912. The van der Waals surface area contributed by atoms with E-state index in [9.17, 15) is 15.0 Å². The summed E-state index contributed by atoms with van der Waals surface area (Å²) in [7, 11) is 0. The molecule has 4 rings (SSSR count). The van der Waals surface area contributed by atoms with Gasteiger partial charge in [0, 0.05) is 26.1 Å². The fraction of sp³-hybridized carbons (Fsp3) is 0.250. The number of benzene rings is 3. The first-order chi connectivity index (χ1) is 16.6. The van der Waals surface area contributed by atoms with Crippen LogP contribution >= 0.6 is 11.3 Å². The molecular weight excluding hydrogens is 446 g/mol. The number of ketones is 1. The summed E-state index contributed by atoms with van der Waals surface area (Å²) >= 11 is 1.45. The molecule has 0 aliphatic rings. The minimum atomic E-state index is -0.0912. The van der Waals surface area contributed by atoms with Gasteiger partial charge in [-0.3, -0.25) is 4.79 Å². The van der Waals surface area contributed by atoms with Crippen LogP contribution in [0.5, 0.6) is 17.2 Å². The molecule has 5 nitrogen and oxygen atoms in total. The van der Waals surface area contributed by atoms with Crippen LogP contribution in [0.4, 0.5) is 0 Å². The molecule has 0 spiro atoms. The average Bonchev–Trinajstić information content (AvgIpc) is 3.22. The van der Waals surface area contributed by atoms with Gasteiger partial charge in [-0.05, 0) is 91.7 Å². The maximum Gasteiger partial charge on any atom is 0.195 e. The van der Waals surface area contributed by atoms with Crippen LogP contribution in [-0.4, -0.2) is 29.1 Å². The molecular formula is C28H29NO4S. The Balaban J connectivity index is 1.53. The monoisotopic (exact) mass is 475 g/mol. The van der Waals surface area contributed by atoms with Gasteiger partial charge in [-0.2, -0.15) is 0 Å². The first-order valence-electron chi connectivity index (χ1n) is 11.6. The Morgan fingerprint density at radius 2 is 1.50 bits per heavy atom. The van der Waals surface area contributed by atoms with Crippen LogP contribution in [0.3, 0.4) is 0 Å². The Morgan fingerprint density at radius 3 is 2.24 bits per heavy atom. The zero-order valence-corrected chi connectivity index (χ0v) is 19.8. The number of hydrogen-bond acceptors (Lipinski definition) is 6. The average molecular weight is 476 g/mol. The summed E-state index contributed by atoms with van der Waals surface area (Å²) in [5.41, 5.74) is 7.53. The maximum atomic E-state index is 13.6. The van der Waals surface area contributed by atoms with Crippen LogP contribution in [0.1, 0.15) is 48.0 Å². The van der Waals surface area contributed by atoms with E-state index in [1.54, 1.807) is 54.6 Å². The summed E-state index contributed by atoms with van der Waals surface area (Å²) in [5.74, 6) is 0.983. The maximum absolute atomic E-state index is 13.6. The smallest absolute Gasteiger partial charge is 0.195 e. The SMILES string of the molecule is NCCCCCCCOc1ccc(C(=O)c2c(-c3ccc(O)cc3)sc3cc(O)ccc23)cc1. The van der Waals surface area contributed by atoms with E-state index in [-0.39, 0.29) is 17.3 Å². The molecule has 0 saturated carbocycles. The number of nitrogens with two attached hydrogens (primary N) is 1. The lowest BCUT2D eigenvalue weighted by molar-refractivity contribution is 0.104. The lowest BCUT2D eigenvalue weighted by Crippen LogP contribution is -2.03. The Hall–Kier alpha value is -3.35. The standard InChI is InChI=1S/C28H29NO4S/c29-16-4-2-1-3-5-17-33-23-13-8-19(9-14-23)27(32)26-24-15-12-22(31)18-25(24)34-28(26)20-6-10-21(30)11-7-20/h6-15,18,30-31H,1-5,16-17,29H2. The molecule has 0 fully saturated rings. The van der Waals surface area contributed by atoms with Gasteiger partial charge in [-0.15, -0.1) is 11.3 Å². The quantitative estimate of drug-likeness (QED) is 0.170. The lowest BCUT2D eigenvalue weighted by Gasteiger charge is -2.08. The molecule has 34 heavy (non-hydrogen) atoms. The van der Waals surface area contributed by atoms with Crippen molar-refractivity contribution in [3.05, 3.63) is 77.9 Å². The van der Waals surface area contributed by atoms with Crippen molar-refractivity contribution >= 4 is 27.2 Å².